The number of rotatable bonds is 4. The van der Waals surface area contributed by atoms with Gasteiger partial charge in [0.15, 0.2) is 24.3 Å². The molecule has 0 bridgehead atoms. The number of nitrogen functional groups attached to an aromatic ring is 1. The lowest BCUT2D eigenvalue weighted by atomic mass is 10.1. The highest BCUT2D eigenvalue weighted by molar-refractivity contribution is 6.27. The molecule has 1 aromatic rings. The Morgan fingerprint density at radius 2 is 2.30 bits per heavy atom. The first kappa shape index (κ1) is 16.3. The maximum atomic E-state index is 14.7. The van der Waals surface area contributed by atoms with Crippen LogP contribution in [0.5, 0.6) is 0 Å². The average molecular weight is 348 g/mol. The van der Waals surface area contributed by atoms with Crippen molar-refractivity contribution in [2.75, 3.05) is 5.73 Å². The minimum absolute atomic E-state index is 0.0296. The van der Waals surface area contributed by atoms with E-state index in [2.05, 4.69) is 4.98 Å². The maximum absolute atomic E-state index is 14.7. The number of aldehydes is 1. The quantitative estimate of drug-likeness (QED) is 0.569. The van der Waals surface area contributed by atoms with Crippen LogP contribution in [0.4, 0.5) is 10.2 Å². The number of nitrogens with two attached hydrogens (primary N) is 1. The van der Waals surface area contributed by atoms with Crippen molar-refractivity contribution in [2.24, 2.45) is 0 Å². The van der Waals surface area contributed by atoms with Gasteiger partial charge in [-0.15, -0.1) is 0 Å². The van der Waals surface area contributed by atoms with E-state index in [1.54, 1.807) is 0 Å². The van der Waals surface area contributed by atoms with Crippen LogP contribution in [-0.2, 0) is 14.3 Å². The number of carbonyl (C=O) groups excluding carboxylic acids is 1. The fraction of sp³-hybridized carbons (Fsp3) is 0.615. The molecule has 5 unspecified atom stereocenters. The highest BCUT2D eigenvalue weighted by Crippen LogP contribution is 2.67. The topological polar surface area (TPSA) is 117 Å². The zero-order valence-electron chi connectivity index (χ0n) is 12.3. The van der Waals surface area contributed by atoms with Gasteiger partial charge in [0.1, 0.15) is 17.5 Å². The van der Waals surface area contributed by atoms with Gasteiger partial charge in [0.2, 0.25) is 5.06 Å². The molecule has 0 aromatic carbocycles. The Kier molecular flexibility index (Phi) is 3.35. The lowest BCUT2D eigenvalue weighted by Crippen LogP contribution is -2.41. The van der Waals surface area contributed by atoms with Crippen LogP contribution < -0.4 is 11.4 Å². The number of anilines is 1. The fourth-order valence-corrected chi connectivity index (χ4v) is 3.09. The second-order valence-corrected chi connectivity index (χ2v) is 6.70. The van der Waals surface area contributed by atoms with Crippen molar-refractivity contribution in [2.45, 2.75) is 48.6 Å². The average Bonchev–Trinajstić information content (AvgIpc) is 2.82. The summed E-state index contributed by atoms with van der Waals surface area (Å²) in [6.45, 7) is 2.88. The van der Waals surface area contributed by atoms with Gasteiger partial charge in [-0.25, -0.2) is 9.18 Å². The Balaban J connectivity index is 1.88. The summed E-state index contributed by atoms with van der Waals surface area (Å²) >= 11 is 6.12. The largest absolute Gasteiger partial charge is 0.383 e. The van der Waals surface area contributed by atoms with Gasteiger partial charge in [-0.2, -0.15) is 4.98 Å². The van der Waals surface area contributed by atoms with Crippen molar-refractivity contribution in [1.82, 2.24) is 9.55 Å². The molecule has 1 aliphatic heterocycles. The molecule has 0 radical (unpaired) electrons. The number of aromatic nitrogens is 2. The predicted molar refractivity (Wildman–Crippen MR) is 76.5 cm³/mol. The number of fused-ring (bicyclic) bond motifs is 1. The van der Waals surface area contributed by atoms with Crippen LogP contribution in [0, 0.1) is 0 Å². The molecule has 3 N–H and O–H groups in total. The molecule has 2 heterocycles. The van der Waals surface area contributed by atoms with Gasteiger partial charge in [-0.05, 0) is 19.9 Å². The summed E-state index contributed by atoms with van der Waals surface area (Å²) in [4.78, 5) is 26.2. The van der Waals surface area contributed by atoms with Gasteiger partial charge in [-0.3, -0.25) is 4.57 Å². The van der Waals surface area contributed by atoms with E-state index in [4.69, 9.17) is 26.8 Å². The number of carbonyl (C=O) groups is 1. The van der Waals surface area contributed by atoms with Crippen LogP contribution >= 0.6 is 11.6 Å². The highest BCUT2D eigenvalue weighted by atomic mass is 35.5. The van der Waals surface area contributed by atoms with E-state index >= 15 is 0 Å². The molecule has 0 amide bonds. The van der Waals surface area contributed by atoms with E-state index < -0.39 is 40.5 Å². The van der Waals surface area contributed by atoms with Crippen LogP contribution in [0.2, 0.25) is 0 Å². The van der Waals surface area contributed by atoms with Crippen LogP contribution in [-0.4, -0.2) is 49.5 Å². The first-order valence-corrected chi connectivity index (χ1v) is 7.16. The lowest BCUT2D eigenvalue weighted by Gasteiger charge is -2.25. The van der Waals surface area contributed by atoms with Crippen molar-refractivity contribution in [3.05, 3.63) is 22.7 Å². The summed E-state index contributed by atoms with van der Waals surface area (Å²) in [7, 11) is 0. The number of nitrogens with zero attached hydrogens (tertiary/aromatic N) is 2. The third-order valence-electron chi connectivity index (χ3n) is 3.99. The number of ether oxygens (including phenoxy) is 2. The van der Waals surface area contributed by atoms with Crippen molar-refractivity contribution < 1.29 is 23.8 Å². The second-order valence-electron chi connectivity index (χ2n) is 6.14. The summed E-state index contributed by atoms with van der Waals surface area (Å²) in [6.07, 6.45) is -3.08. The predicted octanol–water partition coefficient (Wildman–Crippen LogP) is -0.265. The molecule has 5 atom stereocenters. The Bertz CT molecular complexity index is 728. The van der Waals surface area contributed by atoms with E-state index in [0.717, 1.165) is 4.57 Å². The van der Waals surface area contributed by atoms with E-state index in [-0.39, 0.29) is 5.82 Å². The third kappa shape index (κ3) is 2.11. The van der Waals surface area contributed by atoms with Crippen molar-refractivity contribution in [3.63, 3.8) is 0 Å². The molecule has 23 heavy (non-hydrogen) atoms. The zero-order chi connectivity index (χ0) is 17.2. The Hall–Kier alpha value is -1.55. The standard InChI is InChI=1S/C13H15ClFN3O5/c1-11(2,5-19)23-9-12(21)7(15)8(22-13(9,12)14)18-4-3-6(16)17-10(18)20/h3-5,7-9,21H,1-2H3,(H2,16,17,20). The first-order chi connectivity index (χ1) is 10.6. The first-order valence-electron chi connectivity index (χ1n) is 6.79. The SMILES string of the molecule is CC(C)(C=O)OC1C2(Cl)OC(n3ccc(N)nc3=O)C(F)C12O. The Labute approximate surface area is 135 Å². The molecule has 1 aromatic heterocycles. The molecule has 0 spiro atoms. The Morgan fingerprint density at radius 3 is 2.78 bits per heavy atom. The van der Waals surface area contributed by atoms with E-state index in [1.165, 1.54) is 26.1 Å². The van der Waals surface area contributed by atoms with Crippen LogP contribution in [0.3, 0.4) is 0 Å². The van der Waals surface area contributed by atoms with E-state index in [0.29, 0.717) is 6.29 Å². The zero-order valence-corrected chi connectivity index (χ0v) is 13.0. The molecule has 1 aliphatic carbocycles. The summed E-state index contributed by atoms with van der Waals surface area (Å²) in [5.74, 6) is -0.0296. The van der Waals surface area contributed by atoms with Gasteiger partial charge in [0, 0.05) is 6.20 Å². The van der Waals surface area contributed by atoms with E-state index in [9.17, 15) is 19.1 Å². The molecule has 1 saturated heterocycles. The van der Waals surface area contributed by atoms with Crippen molar-refractivity contribution in [3.8, 4) is 0 Å². The summed E-state index contributed by atoms with van der Waals surface area (Å²) < 4.78 is 26.2. The Morgan fingerprint density at radius 1 is 1.65 bits per heavy atom. The molecule has 2 aliphatic rings. The van der Waals surface area contributed by atoms with Crippen molar-refractivity contribution >= 4 is 23.7 Å². The highest BCUT2D eigenvalue weighted by Gasteiger charge is 2.90. The normalized spacial score (nSPS) is 39.1. The monoisotopic (exact) mass is 347 g/mol. The third-order valence-corrected chi connectivity index (χ3v) is 4.58. The van der Waals surface area contributed by atoms with Crippen LogP contribution in [0.25, 0.3) is 0 Å². The molecular formula is C13H15ClFN3O5. The van der Waals surface area contributed by atoms with Crippen molar-refractivity contribution in [1.29, 1.82) is 0 Å². The summed E-state index contributed by atoms with van der Waals surface area (Å²) in [6, 6.07) is 1.29. The van der Waals surface area contributed by atoms with Gasteiger partial charge in [0.05, 0.1) is 0 Å². The van der Waals surface area contributed by atoms with Gasteiger partial charge in [0.25, 0.3) is 0 Å². The number of alkyl halides is 2. The van der Waals surface area contributed by atoms with E-state index in [1.807, 2.05) is 0 Å². The van der Waals surface area contributed by atoms with Gasteiger partial charge >= 0.3 is 5.69 Å². The minimum Gasteiger partial charge on any atom is -0.383 e. The lowest BCUT2D eigenvalue weighted by molar-refractivity contribution is -0.146. The number of hydrogen-bond acceptors (Lipinski definition) is 7. The van der Waals surface area contributed by atoms with Crippen LogP contribution in [0.1, 0.15) is 20.1 Å². The molecular weight excluding hydrogens is 333 g/mol. The van der Waals surface area contributed by atoms with Crippen LogP contribution in [0.15, 0.2) is 17.1 Å². The molecule has 1 saturated carbocycles. The number of hydrogen-bond donors (Lipinski definition) is 2. The van der Waals surface area contributed by atoms with Gasteiger partial charge < -0.3 is 25.1 Å². The molecule has 126 valence electrons. The second kappa shape index (κ2) is 4.73. The smallest absolute Gasteiger partial charge is 0.351 e. The summed E-state index contributed by atoms with van der Waals surface area (Å²) in [5, 5.41) is 8.57. The van der Waals surface area contributed by atoms with Gasteiger partial charge in [-0.1, -0.05) is 11.6 Å². The molecule has 2 fully saturated rings. The fourth-order valence-electron chi connectivity index (χ4n) is 2.64. The number of aliphatic hydroxyl groups is 1. The molecule has 8 nitrogen and oxygen atoms in total. The number of halogens is 2. The molecule has 10 heteroatoms. The summed E-state index contributed by atoms with van der Waals surface area (Å²) in [5.41, 5.74) is 1.08. The molecule has 3 rings (SSSR count). The maximum Gasteiger partial charge on any atom is 0.351 e. The minimum atomic E-state index is -2.18.